The third-order valence-corrected chi connectivity index (χ3v) is 3.36. The Morgan fingerprint density at radius 1 is 1.21 bits per heavy atom. The summed E-state index contributed by atoms with van der Waals surface area (Å²) in [6, 6.07) is 5.68. The van der Waals surface area contributed by atoms with E-state index in [-0.39, 0.29) is 5.78 Å². The van der Waals surface area contributed by atoms with Gasteiger partial charge >= 0.3 is 0 Å². The fraction of sp³-hybridized carbons (Fsp3) is 0.214. The molecule has 0 aromatic carbocycles. The summed E-state index contributed by atoms with van der Waals surface area (Å²) >= 11 is 0. The summed E-state index contributed by atoms with van der Waals surface area (Å²) in [6.45, 7) is 3.54. The van der Waals surface area contributed by atoms with Crippen LogP contribution in [0.25, 0.3) is 16.9 Å². The molecule has 0 atom stereocenters. The van der Waals surface area contributed by atoms with Gasteiger partial charge in [0.05, 0.1) is 16.9 Å². The van der Waals surface area contributed by atoms with Crippen LogP contribution in [0.4, 0.5) is 0 Å². The number of Topliss-reactive ketones (excluding diaryl/α,β-unsaturated/α-hetero) is 1. The van der Waals surface area contributed by atoms with Gasteiger partial charge in [0.2, 0.25) is 0 Å². The van der Waals surface area contributed by atoms with Crippen molar-refractivity contribution in [1.29, 1.82) is 0 Å². The fourth-order valence-corrected chi connectivity index (χ4v) is 2.56. The number of fused-ring (bicyclic) bond motifs is 1. The van der Waals surface area contributed by atoms with Crippen LogP contribution in [-0.2, 0) is 7.05 Å². The van der Waals surface area contributed by atoms with E-state index in [4.69, 9.17) is 0 Å². The molecule has 3 aromatic heterocycles. The highest BCUT2D eigenvalue weighted by Gasteiger charge is 2.21. The molecule has 0 aliphatic carbocycles. The van der Waals surface area contributed by atoms with Crippen molar-refractivity contribution >= 4 is 11.3 Å². The standard InChI is InChI=1S/C14H14N4O/c1-9-13(10(2)19)11-5-4-7-16-18(11)14(9)12-6-8-15-17(12)3/h4-8H,1-3H3. The maximum Gasteiger partial charge on any atom is 0.162 e. The van der Waals surface area contributed by atoms with E-state index in [1.807, 2.05) is 36.7 Å². The Morgan fingerprint density at radius 3 is 2.63 bits per heavy atom. The van der Waals surface area contributed by atoms with E-state index >= 15 is 0 Å². The van der Waals surface area contributed by atoms with Gasteiger partial charge in [-0.25, -0.2) is 4.52 Å². The van der Waals surface area contributed by atoms with Crippen molar-refractivity contribution in [2.75, 3.05) is 0 Å². The van der Waals surface area contributed by atoms with E-state index < -0.39 is 0 Å². The summed E-state index contributed by atoms with van der Waals surface area (Å²) in [4.78, 5) is 11.9. The number of nitrogens with zero attached hydrogens (tertiary/aromatic N) is 4. The van der Waals surface area contributed by atoms with Gasteiger partial charge in [-0.15, -0.1) is 0 Å². The summed E-state index contributed by atoms with van der Waals surface area (Å²) in [5.41, 5.74) is 4.36. The zero-order chi connectivity index (χ0) is 13.6. The molecule has 0 bridgehead atoms. The summed E-state index contributed by atoms with van der Waals surface area (Å²) in [7, 11) is 1.88. The van der Waals surface area contributed by atoms with Crippen molar-refractivity contribution in [2.45, 2.75) is 13.8 Å². The van der Waals surface area contributed by atoms with Crippen LogP contribution >= 0.6 is 0 Å². The summed E-state index contributed by atoms with van der Waals surface area (Å²) < 4.78 is 3.59. The van der Waals surface area contributed by atoms with E-state index in [9.17, 15) is 4.79 Å². The number of hydrogen-bond acceptors (Lipinski definition) is 3. The number of carbonyl (C=O) groups is 1. The van der Waals surface area contributed by atoms with Gasteiger partial charge in [-0.3, -0.25) is 9.48 Å². The lowest BCUT2D eigenvalue weighted by molar-refractivity contribution is 0.101. The number of hydrogen-bond donors (Lipinski definition) is 0. The van der Waals surface area contributed by atoms with Crippen molar-refractivity contribution in [1.82, 2.24) is 19.4 Å². The monoisotopic (exact) mass is 254 g/mol. The molecule has 3 heterocycles. The predicted octanol–water partition coefficient (Wildman–Crippen LogP) is 2.25. The summed E-state index contributed by atoms with van der Waals surface area (Å²) in [5.74, 6) is 0.0522. The Balaban J connectivity index is 2.46. The van der Waals surface area contributed by atoms with Gasteiger partial charge in [-0.05, 0) is 37.6 Å². The Kier molecular flexibility index (Phi) is 2.48. The van der Waals surface area contributed by atoms with Crippen LogP contribution in [0, 0.1) is 6.92 Å². The van der Waals surface area contributed by atoms with Gasteiger partial charge in [0, 0.05) is 25.0 Å². The average Bonchev–Trinajstić information content (AvgIpc) is 2.89. The Labute approximate surface area is 110 Å². The molecule has 0 unspecified atom stereocenters. The molecule has 0 saturated heterocycles. The first-order chi connectivity index (χ1) is 9.11. The number of carbonyl (C=O) groups excluding carboxylic acids is 1. The molecule has 0 radical (unpaired) electrons. The number of aromatic nitrogens is 4. The molecular weight excluding hydrogens is 240 g/mol. The second-order valence-electron chi connectivity index (χ2n) is 4.57. The van der Waals surface area contributed by atoms with Gasteiger partial charge in [0.25, 0.3) is 0 Å². The van der Waals surface area contributed by atoms with E-state index in [0.717, 1.165) is 28.0 Å². The lowest BCUT2D eigenvalue weighted by Crippen LogP contribution is -1.99. The van der Waals surface area contributed by atoms with Crippen LogP contribution in [0.5, 0.6) is 0 Å². The van der Waals surface area contributed by atoms with Crippen LogP contribution < -0.4 is 0 Å². The molecular formula is C14H14N4O. The minimum Gasteiger partial charge on any atom is -0.294 e. The van der Waals surface area contributed by atoms with Gasteiger partial charge < -0.3 is 0 Å². The molecule has 5 nitrogen and oxygen atoms in total. The predicted molar refractivity (Wildman–Crippen MR) is 72.1 cm³/mol. The minimum atomic E-state index is 0.0522. The molecule has 0 aliphatic rings. The second-order valence-corrected chi connectivity index (χ2v) is 4.57. The highest BCUT2D eigenvalue weighted by Crippen LogP contribution is 2.30. The largest absolute Gasteiger partial charge is 0.294 e. The van der Waals surface area contributed by atoms with Crippen molar-refractivity contribution in [2.24, 2.45) is 7.05 Å². The van der Waals surface area contributed by atoms with Crippen LogP contribution in [0.1, 0.15) is 22.8 Å². The lowest BCUT2D eigenvalue weighted by atomic mass is 10.1. The minimum absolute atomic E-state index is 0.0522. The van der Waals surface area contributed by atoms with Crippen molar-refractivity contribution in [3.8, 4) is 11.4 Å². The smallest absolute Gasteiger partial charge is 0.162 e. The highest BCUT2D eigenvalue weighted by atomic mass is 16.1. The molecule has 5 heteroatoms. The Bertz CT molecular complexity index is 782. The third kappa shape index (κ3) is 1.58. The molecule has 19 heavy (non-hydrogen) atoms. The number of rotatable bonds is 2. The summed E-state index contributed by atoms with van der Waals surface area (Å²) in [6.07, 6.45) is 3.46. The van der Waals surface area contributed by atoms with E-state index in [1.54, 1.807) is 24.0 Å². The van der Waals surface area contributed by atoms with Crippen LogP contribution in [0.15, 0.2) is 30.6 Å². The molecule has 0 fully saturated rings. The molecule has 3 aromatic rings. The quantitative estimate of drug-likeness (QED) is 0.659. The molecule has 96 valence electrons. The first kappa shape index (κ1) is 11.6. The molecule has 0 spiro atoms. The molecule has 0 amide bonds. The first-order valence-electron chi connectivity index (χ1n) is 6.07. The van der Waals surface area contributed by atoms with Crippen LogP contribution in [0.3, 0.4) is 0 Å². The second kappa shape index (κ2) is 4.05. The van der Waals surface area contributed by atoms with Gasteiger partial charge in [0.15, 0.2) is 5.78 Å². The lowest BCUT2D eigenvalue weighted by Gasteiger charge is -2.03. The first-order valence-corrected chi connectivity index (χ1v) is 6.07. The highest BCUT2D eigenvalue weighted by molar-refractivity contribution is 6.04. The third-order valence-electron chi connectivity index (χ3n) is 3.36. The Hall–Kier alpha value is -2.43. The zero-order valence-electron chi connectivity index (χ0n) is 11.1. The molecule has 0 N–H and O–H groups in total. The topological polar surface area (TPSA) is 52.2 Å². The summed E-state index contributed by atoms with van der Waals surface area (Å²) in [5, 5.41) is 8.55. The molecule has 0 aliphatic heterocycles. The Morgan fingerprint density at radius 2 is 2.00 bits per heavy atom. The van der Waals surface area contributed by atoms with Crippen LogP contribution in [-0.4, -0.2) is 25.2 Å². The van der Waals surface area contributed by atoms with Crippen molar-refractivity contribution in [3.05, 3.63) is 41.7 Å². The normalized spacial score (nSPS) is 11.1. The zero-order valence-corrected chi connectivity index (χ0v) is 11.1. The number of ketones is 1. The SMILES string of the molecule is CC(=O)c1c(C)c(-c2ccnn2C)n2ncccc12. The van der Waals surface area contributed by atoms with Gasteiger partial charge in [0.1, 0.15) is 0 Å². The van der Waals surface area contributed by atoms with Gasteiger partial charge in [-0.2, -0.15) is 10.2 Å². The van der Waals surface area contributed by atoms with E-state index in [2.05, 4.69) is 10.2 Å². The average molecular weight is 254 g/mol. The molecule has 3 rings (SSSR count). The van der Waals surface area contributed by atoms with Gasteiger partial charge in [-0.1, -0.05) is 0 Å². The van der Waals surface area contributed by atoms with E-state index in [1.165, 1.54) is 0 Å². The van der Waals surface area contributed by atoms with Crippen LogP contribution in [0.2, 0.25) is 0 Å². The maximum absolute atomic E-state index is 11.9. The van der Waals surface area contributed by atoms with Crippen molar-refractivity contribution < 1.29 is 4.79 Å². The number of aryl methyl sites for hydroxylation is 1. The molecule has 0 saturated carbocycles. The van der Waals surface area contributed by atoms with E-state index in [0.29, 0.717) is 0 Å². The van der Waals surface area contributed by atoms with Crippen molar-refractivity contribution in [3.63, 3.8) is 0 Å². The maximum atomic E-state index is 11.9. The fourth-order valence-electron chi connectivity index (χ4n) is 2.56.